The predicted molar refractivity (Wildman–Crippen MR) is 85.3 cm³/mol. The van der Waals surface area contributed by atoms with Gasteiger partial charge in [0.05, 0.1) is 4.90 Å². The first-order valence-corrected chi connectivity index (χ1v) is 9.02. The average molecular weight is 360 g/mol. The highest BCUT2D eigenvalue weighted by Crippen LogP contribution is 2.09. The van der Waals surface area contributed by atoms with Gasteiger partial charge in [-0.1, -0.05) is 19.8 Å². The minimum absolute atomic E-state index is 0.115. The van der Waals surface area contributed by atoms with E-state index in [9.17, 15) is 22.4 Å². The van der Waals surface area contributed by atoms with Gasteiger partial charge in [0.15, 0.2) is 0 Å². The molecule has 0 fully saturated rings. The molecular formula is C15H21FN2O5S. The fourth-order valence-corrected chi connectivity index (χ4v) is 2.96. The van der Waals surface area contributed by atoms with Gasteiger partial charge in [-0.15, -0.1) is 0 Å². The molecule has 1 rings (SSSR count). The van der Waals surface area contributed by atoms with E-state index in [2.05, 4.69) is 10.0 Å². The lowest BCUT2D eigenvalue weighted by atomic mass is 10.1. The molecule has 1 unspecified atom stereocenters. The second-order valence-electron chi connectivity index (χ2n) is 5.20. The molecule has 0 saturated carbocycles. The van der Waals surface area contributed by atoms with Crippen LogP contribution in [0, 0.1) is 5.82 Å². The van der Waals surface area contributed by atoms with Crippen molar-refractivity contribution in [2.75, 3.05) is 6.54 Å². The van der Waals surface area contributed by atoms with Crippen LogP contribution in [-0.4, -0.2) is 38.0 Å². The van der Waals surface area contributed by atoms with Crippen LogP contribution in [0.5, 0.6) is 0 Å². The lowest BCUT2D eigenvalue weighted by molar-refractivity contribution is -0.142. The third-order valence-electron chi connectivity index (χ3n) is 3.25. The third kappa shape index (κ3) is 6.63. The normalized spacial score (nSPS) is 12.6. The summed E-state index contributed by atoms with van der Waals surface area (Å²) in [6, 6.07) is 3.29. The molecular weight excluding hydrogens is 339 g/mol. The summed E-state index contributed by atoms with van der Waals surface area (Å²) in [4.78, 5) is 22.6. The molecule has 0 heterocycles. The maximum atomic E-state index is 12.8. The SMILES string of the molecule is CCCCC(NC(=O)CCNS(=O)(=O)c1ccc(F)cc1)C(=O)O. The van der Waals surface area contributed by atoms with E-state index in [1.807, 2.05) is 6.92 Å². The number of carbonyl (C=O) groups is 2. The van der Waals surface area contributed by atoms with E-state index in [1.165, 1.54) is 0 Å². The third-order valence-corrected chi connectivity index (χ3v) is 4.72. The van der Waals surface area contributed by atoms with E-state index in [0.717, 1.165) is 30.7 Å². The molecule has 134 valence electrons. The number of hydrogen-bond acceptors (Lipinski definition) is 4. The number of aliphatic carboxylic acids is 1. The smallest absolute Gasteiger partial charge is 0.326 e. The van der Waals surface area contributed by atoms with E-state index in [0.29, 0.717) is 12.8 Å². The number of benzene rings is 1. The van der Waals surface area contributed by atoms with E-state index < -0.39 is 33.8 Å². The topological polar surface area (TPSA) is 113 Å². The molecule has 1 aromatic carbocycles. The zero-order valence-corrected chi connectivity index (χ0v) is 14.1. The number of halogens is 1. The van der Waals surface area contributed by atoms with Crippen LogP contribution in [-0.2, 0) is 19.6 Å². The van der Waals surface area contributed by atoms with Crippen molar-refractivity contribution in [3.05, 3.63) is 30.1 Å². The van der Waals surface area contributed by atoms with Crippen molar-refractivity contribution in [3.63, 3.8) is 0 Å². The van der Waals surface area contributed by atoms with Gasteiger partial charge in [-0.05, 0) is 30.7 Å². The van der Waals surface area contributed by atoms with Crippen molar-refractivity contribution < 1.29 is 27.5 Å². The lowest BCUT2D eigenvalue weighted by Gasteiger charge is -2.14. The Morgan fingerprint density at radius 2 is 1.88 bits per heavy atom. The Bertz CT molecular complexity index is 661. The Balaban J connectivity index is 2.49. The molecule has 0 bridgehead atoms. The first kappa shape index (κ1) is 20.0. The van der Waals surface area contributed by atoms with Crippen LogP contribution >= 0.6 is 0 Å². The fourth-order valence-electron chi connectivity index (χ4n) is 1.93. The second-order valence-corrected chi connectivity index (χ2v) is 6.97. The zero-order valence-electron chi connectivity index (χ0n) is 13.3. The summed E-state index contributed by atoms with van der Waals surface area (Å²) in [6.07, 6.45) is 1.58. The summed E-state index contributed by atoms with van der Waals surface area (Å²) in [7, 11) is -3.84. The van der Waals surface area contributed by atoms with Gasteiger partial charge in [-0.2, -0.15) is 0 Å². The highest BCUT2D eigenvalue weighted by molar-refractivity contribution is 7.89. The van der Waals surface area contributed by atoms with Crippen LogP contribution in [0.2, 0.25) is 0 Å². The zero-order chi connectivity index (χ0) is 18.2. The molecule has 0 radical (unpaired) electrons. The second kappa shape index (κ2) is 9.33. The number of amides is 1. The van der Waals surface area contributed by atoms with E-state index in [1.54, 1.807) is 0 Å². The first-order chi connectivity index (χ1) is 11.3. The molecule has 7 nitrogen and oxygen atoms in total. The highest BCUT2D eigenvalue weighted by atomic mass is 32.2. The number of carbonyl (C=O) groups excluding carboxylic acids is 1. The number of nitrogens with one attached hydrogen (secondary N) is 2. The van der Waals surface area contributed by atoms with E-state index in [-0.39, 0.29) is 17.9 Å². The molecule has 3 N–H and O–H groups in total. The van der Waals surface area contributed by atoms with Crippen molar-refractivity contribution >= 4 is 21.9 Å². The van der Waals surface area contributed by atoms with Crippen LogP contribution in [0.15, 0.2) is 29.2 Å². The molecule has 0 aliphatic carbocycles. The van der Waals surface area contributed by atoms with Crippen LogP contribution < -0.4 is 10.0 Å². The Kier molecular flexibility index (Phi) is 7.80. The summed E-state index contributed by atoms with van der Waals surface area (Å²) in [5.74, 6) is -2.23. The highest BCUT2D eigenvalue weighted by Gasteiger charge is 2.19. The average Bonchev–Trinajstić information content (AvgIpc) is 2.51. The van der Waals surface area contributed by atoms with Gasteiger partial charge in [0.2, 0.25) is 15.9 Å². The minimum atomic E-state index is -3.84. The van der Waals surface area contributed by atoms with Crippen molar-refractivity contribution in [2.24, 2.45) is 0 Å². The summed E-state index contributed by atoms with van der Waals surface area (Å²) >= 11 is 0. The van der Waals surface area contributed by atoms with Gasteiger partial charge in [-0.25, -0.2) is 22.3 Å². The molecule has 24 heavy (non-hydrogen) atoms. The summed E-state index contributed by atoms with van der Waals surface area (Å²) in [6.45, 7) is 1.72. The maximum absolute atomic E-state index is 12.8. The summed E-state index contributed by atoms with van der Waals surface area (Å²) in [5, 5.41) is 11.4. The van der Waals surface area contributed by atoms with Gasteiger partial charge in [-0.3, -0.25) is 4.79 Å². The largest absolute Gasteiger partial charge is 0.480 e. The summed E-state index contributed by atoms with van der Waals surface area (Å²) < 4.78 is 38.9. The standard InChI is InChI=1S/C15H21FN2O5S/c1-2-3-4-13(15(20)21)18-14(19)9-10-17-24(22,23)12-7-5-11(16)6-8-12/h5-8,13,17H,2-4,9-10H2,1H3,(H,18,19)(H,20,21). The van der Waals surface area contributed by atoms with Crippen LogP contribution in [0.3, 0.4) is 0 Å². The molecule has 0 aliphatic rings. The van der Waals surface area contributed by atoms with Gasteiger partial charge in [0.25, 0.3) is 0 Å². The molecule has 0 aliphatic heterocycles. The number of rotatable bonds is 10. The van der Waals surface area contributed by atoms with Crippen LogP contribution in [0.25, 0.3) is 0 Å². The lowest BCUT2D eigenvalue weighted by Crippen LogP contribution is -2.41. The van der Waals surface area contributed by atoms with Gasteiger partial charge in [0.1, 0.15) is 11.9 Å². The number of carboxylic acids is 1. The van der Waals surface area contributed by atoms with Crippen molar-refractivity contribution in [1.82, 2.24) is 10.0 Å². The Morgan fingerprint density at radius 1 is 1.25 bits per heavy atom. The number of hydrogen-bond donors (Lipinski definition) is 3. The summed E-state index contributed by atoms with van der Waals surface area (Å²) in [5.41, 5.74) is 0. The van der Waals surface area contributed by atoms with Gasteiger partial charge in [0, 0.05) is 13.0 Å². The quantitative estimate of drug-likeness (QED) is 0.581. The van der Waals surface area contributed by atoms with Crippen molar-refractivity contribution in [1.29, 1.82) is 0 Å². The van der Waals surface area contributed by atoms with Crippen molar-refractivity contribution in [3.8, 4) is 0 Å². The van der Waals surface area contributed by atoms with Gasteiger partial charge < -0.3 is 10.4 Å². The first-order valence-electron chi connectivity index (χ1n) is 7.53. The molecule has 1 atom stereocenters. The molecule has 1 amide bonds. The maximum Gasteiger partial charge on any atom is 0.326 e. The van der Waals surface area contributed by atoms with Crippen molar-refractivity contribution in [2.45, 2.75) is 43.5 Å². The predicted octanol–water partition coefficient (Wildman–Crippen LogP) is 1.25. The number of carboxylic acid groups (broad SMARTS) is 1. The Hall–Kier alpha value is -2.00. The Labute approximate surface area is 140 Å². The minimum Gasteiger partial charge on any atom is -0.480 e. The van der Waals surface area contributed by atoms with E-state index >= 15 is 0 Å². The molecule has 0 spiro atoms. The molecule has 9 heteroatoms. The Morgan fingerprint density at radius 3 is 2.42 bits per heavy atom. The molecule has 0 saturated heterocycles. The van der Waals surface area contributed by atoms with Crippen LogP contribution in [0.4, 0.5) is 4.39 Å². The van der Waals surface area contributed by atoms with Crippen LogP contribution in [0.1, 0.15) is 32.6 Å². The molecule has 0 aromatic heterocycles. The number of unbranched alkanes of at least 4 members (excludes halogenated alkanes) is 1. The number of sulfonamides is 1. The molecule has 1 aromatic rings. The van der Waals surface area contributed by atoms with Gasteiger partial charge >= 0.3 is 5.97 Å². The fraction of sp³-hybridized carbons (Fsp3) is 0.467. The van der Waals surface area contributed by atoms with E-state index in [4.69, 9.17) is 5.11 Å². The monoisotopic (exact) mass is 360 g/mol.